The van der Waals surface area contributed by atoms with E-state index >= 15 is 0 Å². The van der Waals surface area contributed by atoms with Crippen LogP contribution in [0.5, 0.6) is 0 Å². The largest absolute Gasteiger partial charge is 0.444 e. The van der Waals surface area contributed by atoms with Gasteiger partial charge in [-0.25, -0.2) is 13.2 Å². The quantitative estimate of drug-likeness (QED) is 0.813. The molecule has 5 nitrogen and oxygen atoms in total. The Balaban J connectivity index is 2.60. The van der Waals surface area contributed by atoms with Crippen LogP contribution in [-0.4, -0.2) is 31.9 Å². The average Bonchev–Trinajstić information content (AvgIpc) is 2.15. The minimum absolute atomic E-state index is 0.102. The first-order valence-corrected chi connectivity index (χ1v) is 8.96. The summed E-state index contributed by atoms with van der Waals surface area (Å²) in [7, 11) is 1.76. The van der Waals surface area contributed by atoms with E-state index in [0.717, 1.165) is 25.7 Å². The van der Waals surface area contributed by atoms with Crippen molar-refractivity contribution in [2.45, 2.75) is 58.1 Å². The molecule has 2 atom stereocenters. The number of rotatable bonds is 3. The Kier molecular flexibility index (Phi) is 5.50. The van der Waals surface area contributed by atoms with Gasteiger partial charge in [-0.3, -0.25) is 0 Å². The summed E-state index contributed by atoms with van der Waals surface area (Å²) >= 11 is 0. The summed E-state index contributed by atoms with van der Waals surface area (Å²) in [5.41, 5.74) is -0.563. The molecule has 0 radical (unpaired) electrons. The number of carbonyl (C=O) groups is 1. The highest BCUT2D eigenvalue weighted by molar-refractivity contribution is 8.13. The molecule has 0 aromatic rings. The van der Waals surface area contributed by atoms with Crippen LogP contribution >= 0.6 is 10.7 Å². The van der Waals surface area contributed by atoms with Crippen LogP contribution in [0.25, 0.3) is 0 Å². The Bertz CT molecular complexity index is 416. The van der Waals surface area contributed by atoms with Gasteiger partial charge in [0.05, 0.1) is 5.75 Å². The van der Waals surface area contributed by atoms with Gasteiger partial charge in [-0.1, -0.05) is 12.8 Å². The van der Waals surface area contributed by atoms with Gasteiger partial charge >= 0.3 is 6.09 Å². The lowest BCUT2D eigenvalue weighted by Gasteiger charge is -2.32. The van der Waals surface area contributed by atoms with Crippen LogP contribution in [0.1, 0.15) is 46.5 Å². The van der Waals surface area contributed by atoms with Crippen molar-refractivity contribution in [3.63, 3.8) is 0 Å². The summed E-state index contributed by atoms with van der Waals surface area (Å²) in [5.74, 6) is -0.238. The lowest BCUT2D eigenvalue weighted by Crippen LogP contribution is -2.46. The van der Waals surface area contributed by atoms with E-state index in [4.69, 9.17) is 15.4 Å². The third kappa shape index (κ3) is 7.01. The van der Waals surface area contributed by atoms with E-state index in [0.29, 0.717) is 0 Å². The molecule has 1 amide bonds. The van der Waals surface area contributed by atoms with Gasteiger partial charge in [-0.2, -0.15) is 0 Å². The molecule has 0 bridgehead atoms. The molecule has 0 heterocycles. The lowest BCUT2D eigenvalue weighted by molar-refractivity contribution is 0.0474. The molecule has 1 saturated carbocycles. The monoisotopic (exact) mass is 311 g/mol. The summed E-state index contributed by atoms with van der Waals surface area (Å²) in [6, 6.07) is -0.183. The van der Waals surface area contributed by atoms with Crippen LogP contribution < -0.4 is 5.32 Å². The molecule has 7 heteroatoms. The van der Waals surface area contributed by atoms with Gasteiger partial charge in [0.15, 0.2) is 0 Å². The van der Waals surface area contributed by atoms with Gasteiger partial charge in [0.1, 0.15) is 5.60 Å². The van der Waals surface area contributed by atoms with Crippen molar-refractivity contribution < 1.29 is 17.9 Å². The Hall–Kier alpha value is -0.490. The molecule has 1 rings (SSSR count). The van der Waals surface area contributed by atoms with Crippen LogP contribution in [0, 0.1) is 5.92 Å². The maximum atomic E-state index is 11.7. The highest BCUT2D eigenvalue weighted by Crippen LogP contribution is 2.27. The molecule has 0 aromatic carbocycles. The SMILES string of the molecule is CC(C)(C)OC(=O)NC1CCCCC1CS(=O)(=O)Cl. The minimum atomic E-state index is -3.55. The summed E-state index contributed by atoms with van der Waals surface area (Å²) in [6.45, 7) is 5.36. The highest BCUT2D eigenvalue weighted by atomic mass is 35.7. The van der Waals surface area contributed by atoms with Gasteiger partial charge in [0.25, 0.3) is 0 Å². The van der Waals surface area contributed by atoms with Crippen molar-refractivity contribution in [3.8, 4) is 0 Å². The van der Waals surface area contributed by atoms with Gasteiger partial charge in [0, 0.05) is 16.7 Å². The van der Waals surface area contributed by atoms with Gasteiger partial charge < -0.3 is 10.1 Å². The average molecular weight is 312 g/mol. The molecular formula is C12H22ClNO4S. The fraction of sp³-hybridized carbons (Fsp3) is 0.917. The number of amides is 1. The standard InChI is InChI=1S/C12H22ClNO4S/c1-12(2,3)18-11(15)14-10-7-5-4-6-9(10)8-19(13,16)17/h9-10H,4-8H2,1-3H3,(H,14,15). The van der Waals surface area contributed by atoms with Gasteiger partial charge in [-0.15, -0.1) is 0 Å². The Labute approximate surface area is 119 Å². The molecule has 0 saturated heterocycles. The summed E-state index contributed by atoms with van der Waals surface area (Å²) in [6.07, 6.45) is 2.95. The second-order valence-electron chi connectivity index (χ2n) is 6.00. The van der Waals surface area contributed by atoms with E-state index in [9.17, 15) is 13.2 Å². The van der Waals surface area contributed by atoms with E-state index in [2.05, 4.69) is 5.32 Å². The van der Waals surface area contributed by atoms with Crippen molar-refractivity contribution in [1.82, 2.24) is 5.32 Å². The first-order valence-electron chi connectivity index (χ1n) is 6.49. The molecule has 1 fully saturated rings. The highest BCUT2D eigenvalue weighted by Gasteiger charge is 2.31. The molecule has 1 aliphatic rings. The first kappa shape index (κ1) is 16.6. The third-order valence-electron chi connectivity index (χ3n) is 3.02. The fourth-order valence-corrected chi connectivity index (χ4v) is 3.71. The summed E-state index contributed by atoms with van der Waals surface area (Å²) in [4.78, 5) is 11.7. The Morgan fingerprint density at radius 3 is 2.42 bits per heavy atom. The second kappa shape index (κ2) is 6.31. The number of nitrogens with one attached hydrogen (secondary N) is 1. The van der Waals surface area contributed by atoms with Crippen LogP contribution in [0.3, 0.4) is 0 Å². The summed E-state index contributed by atoms with van der Waals surface area (Å²) < 4.78 is 27.5. The van der Waals surface area contributed by atoms with E-state index in [1.807, 2.05) is 0 Å². The first-order chi connectivity index (χ1) is 8.57. The third-order valence-corrected chi connectivity index (χ3v) is 4.23. The molecule has 112 valence electrons. The lowest BCUT2D eigenvalue weighted by atomic mass is 9.86. The van der Waals surface area contributed by atoms with Crippen LogP contribution in [0.2, 0.25) is 0 Å². The zero-order valence-corrected chi connectivity index (χ0v) is 13.2. The number of ether oxygens (including phenoxy) is 1. The molecular weight excluding hydrogens is 290 g/mol. The second-order valence-corrected chi connectivity index (χ2v) is 8.82. The van der Waals surface area contributed by atoms with Crippen LogP contribution in [0.4, 0.5) is 4.79 Å². The van der Waals surface area contributed by atoms with Crippen molar-refractivity contribution in [1.29, 1.82) is 0 Å². The van der Waals surface area contributed by atoms with Crippen molar-refractivity contribution in [2.75, 3.05) is 5.75 Å². The topological polar surface area (TPSA) is 72.5 Å². The van der Waals surface area contributed by atoms with Gasteiger partial charge in [0.2, 0.25) is 9.05 Å². The van der Waals surface area contributed by atoms with Crippen molar-refractivity contribution in [2.24, 2.45) is 5.92 Å². The zero-order valence-electron chi connectivity index (χ0n) is 11.6. The van der Waals surface area contributed by atoms with Crippen LogP contribution in [0.15, 0.2) is 0 Å². The van der Waals surface area contributed by atoms with Crippen molar-refractivity contribution >= 4 is 25.8 Å². The van der Waals surface area contributed by atoms with E-state index in [-0.39, 0.29) is 17.7 Å². The number of alkyl carbamates (subject to hydrolysis) is 1. The van der Waals surface area contributed by atoms with Crippen LogP contribution in [-0.2, 0) is 13.8 Å². The van der Waals surface area contributed by atoms with E-state index < -0.39 is 20.7 Å². The smallest absolute Gasteiger partial charge is 0.407 e. The Morgan fingerprint density at radius 1 is 1.32 bits per heavy atom. The molecule has 19 heavy (non-hydrogen) atoms. The molecule has 0 spiro atoms. The number of halogens is 1. The van der Waals surface area contributed by atoms with Crippen molar-refractivity contribution in [3.05, 3.63) is 0 Å². The molecule has 0 aliphatic heterocycles. The maximum Gasteiger partial charge on any atom is 0.407 e. The zero-order chi connectivity index (χ0) is 14.7. The predicted molar refractivity (Wildman–Crippen MR) is 74.8 cm³/mol. The fourth-order valence-electron chi connectivity index (χ4n) is 2.31. The molecule has 1 N–H and O–H groups in total. The Morgan fingerprint density at radius 2 is 1.89 bits per heavy atom. The number of hydrogen-bond acceptors (Lipinski definition) is 4. The number of hydrogen-bond donors (Lipinski definition) is 1. The summed E-state index contributed by atoms with van der Waals surface area (Å²) in [5, 5.41) is 2.76. The van der Waals surface area contributed by atoms with E-state index in [1.165, 1.54) is 0 Å². The minimum Gasteiger partial charge on any atom is -0.444 e. The maximum absolute atomic E-state index is 11.7. The molecule has 2 unspecified atom stereocenters. The number of carbonyl (C=O) groups excluding carboxylic acids is 1. The van der Waals surface area contributed by atoms with Gasteiger partial charge in [-0.05, 0) is 39.5 Å². The molecule has 0 aromatic heterocycles. The predicted octanol–water partition coefficient (Wildman–Crippen LogP) is 2.64. The molecule has 1 aliphatic carbocycles. The normalized spacial score (nSPS) is 24.8. The van der Waals surface area contributed by atoms with E-state index in [1.54, 1.807) is 20.8 Å².